The van der Waals surface area contributed by atoms with E-state index in [4.69, 9.17) is 4.98 Å². The van der Waals surface area contributed by atoms with Crippen molar-refractivity contribution in [3.8, 4) is 11.1 Å². The van der Waals surface area contributed by atoms with Crippen molar-refractivity contribution >= 4 is 27.6 Å². The Morgan fingerprint density at radius 1 is 0.966 bits per heavy atom. The lowest BCUT2D eigenvalue weighted by atomic mass is 9.87. The molecule has 1 heterocycles. The van der Waals surface area contributed by atoms with Crippen LogP contribution in [0, 0.1) is 12.8 Å². The molecule has 1 N–H and O–H groups in total. The van der Waals surface area contributed by atoms with Crippen LogP contribution in [0.15, 0.2) is 54.6 Å². The predicted octanol–water partition coefficient (Wildman–Crippen LogP) is 5.82. The van der Waals surface area contributed by atoms with Gasteiger partial charge in [-0.2, -0.15) is 0 Å². The van der Waals surface area contributed by atoms with E-state index in [1.54, 1.807) is 0 Å². The highest BCUT2D eigenvalue weighted by Crippen LogP contribution is 2.67. The fourth-order valence-corrected chi connectivity index (χ4v) is 5.70. The lowest BCUT2D eigenvalue weighted by molar-refractivity contribution is -0.136. The maximum atomic E-state index is 11.7. The second kappa shape index (κ2) is 5.66. The summed E-state index contributed by atoms with van der Waals surface area (Å²) in [6, 6.07) is 19.2. The molecule has 0 saturated heterocycles. The summed E-state index contributed by atoms with van der Waals surface area (Å²) in [5.41, 5.74) is 7.59. The number of para-hydroxylation sites is 1. The maximum absolute atomic E-state index is 11.7. The van der Waals surface area contributed by atoms with Crippen molar-refractivity contribution in [3.63, 3.8) is 0 Å². The van der Waals surface area contributed by atoms with E-state index in [0.717, 1.165) is 39.2 Å². The normalized spacial score (nSPS) is 21.5. The van der Waals surface area contributed by atoms with Gasteiger partial charge in [0.2, 0.25) is 0 Å². The van der Waals surface area contributed by atoms with Crippen molar-refractivity contribution in [1.29, 1.82) is 0 Å². The molecule has 0 radical (unpaired) electrons. The number of hydrogen-bond acceptors (Lipinski definition) is 2. The molecular weight excluding hydrogens is 358 g/mol. The number of carbonyl (C=O) groups is 1. The fraction of sp³-hybridized carbons (Fsp3) is 0.231. The second-order valence-corrected chi connectivity index (χ2v) is 8.52. The van der Waals surface area contributed by atoms with Crippen LogP contribution in [-0.4, -0.2) is 16.1 Å². The average molecular weight is 379 g/mol. The summed E-state index contributed by atoms with van der Waals surface area (Å²) >= 11 is 0. The number of aromatic nitrogens is 1. The van der Waals surface area contributed by atoms with Crippen LogP contribution in [0.3, 0.4) is 0 Å². The monoisotopic (exact) mass is 379 g/mol. The molecule has 0 amide bonds. The lowest BCUT2D eigenvalue weighted by Gasteiger charge is -2.18. The summed E-state index contributed by atoms with van der Waals surface area (Å²) in [7, 11) is 0. The minimum absolute atomic E-state index is 0.0236. The highest BCUT2D eigenvalue weighted by Gasteiger charge is 2.53. The molecule has 142 valence electrons. The third kappa shape index (κ3) is 2.19. The molecule has 3 nitrogen and oxygen atoms in total. The molecule has 3 atom stereocenters. The molecule has 0 aliphatic heterocycles. The molecule has 0 spiro atoms. The maximum Gasteiger partial charge on any atom is 0.307 e. The second-order valence-electron chi connectivity index (χ2n) is 8.52. The number of aryl methyl sites for hydroxylation is 1. The van der Waals surface area contributed by atoms with Crippen LogP contribution < -0.4 is 0 Å². The Balaban J connectivity index is 1.72. The first kappa shape index (κ1) is 16.7. The summed E-state index contributed by atoms with van der Waals surface area (Å²) in [6.07, 6.45) is -0.0236. The van der Waals surface area contributed by atoms with Gasteiger partial charge in [-0.1, -0.05) is 55.5 Å². The molecule has 3 heteroatoms. The van der Waals surface area contributed by atoms with Gasteiger partial charge in [0.05, 0.1) is 11.9 Å². The molecule has 0 bridgehead atoms. The number of hydrogen-bond donors (Lipinski definition) is 1. The number of carboxylic acids is 1. The Bertz CT molecular complexity index is 1340. The molecular formula is C26H21NO2. The molecule has 2 aliphatic carbocycles. The van der Waals surface area contributed by atoms with Crippen LogP contribution in [-0.2, 0) is 11.2 Å². The minimum atomic E-state index is -0.826. The summed E-state index contributed by atoms with van der Waals surface area (Å²) < 4.78 is 0. The molecule has 2 aliphatic rings. The zero-order valence-electron chi connectivity index (χ0n) is 16.4. The lowest BCUT2D eigenvalue weighted by Crippen LogP contribution is -2.06. The Morgan fingerprint density at radius 3 is 2.48 bits per heavy atom. The number of rotatable bonds is 3. The first-order valence-corrected chi connectivity index (χ1v) is 10.2. The summed E-state index contributed by atoms with van der Waals surface area (Å²) in [4.78, 5) is 16.4. The molecule has 2 unspecified atom stereocenters. The van der Waals surface area contributed by atoms with E-state index >= 15 is 0 Å². The van der Waals surface area contributed by atoms with E-state index in [2.05, 4.69) is 43.3 Å². The van der Waals surface area contributed by atoms with E-state index in [0.29, 0.717) is 11.8 Å². The molecule has 1 fully saturated rings. The zero-order chi connectivity index (χ0) is 19.9. The van der Waals surface area contributed by atoms with Gasteiger partial charge in [0.25, 0.3) is 0 Å². The molecule has 6 rings (SSSR count). The zero-order valence-corrected chi connectivity index (χ0v) is 16.4. The van der Waals surface area contributed by atoms with Crippen LogP contribution in [0.2, 0.25) is 0 Å². The van der Waals surface area contributed by atoms with Gasteiger partial charge < -0.3 is 5.11 Å². The number of pyridine rings is 1. The Labute approximate surface area is 169 Å². The smallest absolute Gasteiger partial charge is 0.307 e. The molecule has 1 aromatic heterocycles. The van der Waals surface area contributed by atoms with Gasteiger partial charge in [-0.15, -0.1) is 0 Å². The SMILES string of the molecule is Cc1nc2ccccc2c(-c2ccc3c4c(cccc24)C2C3[C@@H]2C)c1CC(=O)O. The number of benzene rings is 3. The first-order chi connectivity index (χ1) is 14.1. The van der Waals surface area contributed by atoms with E-state index in [1.165, 1.54) is 21.9 Å². The number of nitrogens with zero attached hydrogens (tertiary/aromatic N) is 1. The molecule has 4 aromatic rings. The van der Waals surface area contributed by atoms with Crippen molar-refractivity contribution in [2.24, 2.45) is 5.92 Å². The first-order valence-electron chi connectivity index (χ1n) is 10.2. The summed E-state index contributed by atoms with van der Waals surface area (Å²) in [5.74, 6) is 1.20. The van der Waals surface area contributed by atoms with Crippen LogP contribution in [0.5, 0.6) is 0 Å². The van der Waals surface area contributed by atoms with Crippen LogP contribution >= 0.6 is 0 Å². The van der Waals surface area contributed by atoms with Crippen molar-refractivity contribution in [1.82, 2.24) is 4.98 Å². The van der Waals surface area contributed by atoms with E-state index in [9.17, 15) is 9.90 Å². The van der Waals surface area contributed by atoms with Gasteiger partial charge in [-0.3, -0.25) is 9.78 Å². The highest BCUT2D eigenvalue weighted by molar-refractivity contribution is 6.09. The van der Waals surface area contributed by atoms with Crippen LogP contribution in [0.1, 0.15) is 41.1 Å². The number of carboxylic acid groups (broad SMARTS) is 1. The van der Waals surface area contributed by atoms with E-state index in [1.807, 2.05) is 25.1 Å². The predicted molar refractivity (Wildman–Crippen MR) is 115 cm³/mol. The standard InChI is InChI=1S/C26H21NO2/c1-13-23-18-8-5-7-15-16(10-11-19(24(13)23)26(15)18)25-17-6-3-4-9-21(17)27-14(2)20(25)12-22(28)29/h3-11,13,23-24H,12H2,1-2H3,(H,28,29)/t13-,23?,24?/m1/s1. The Kier molecular flexibility index (Phi) is 3.27. The van der Waals surface area contributed by atoms with Crippen LogP contribution in [0.25, 0.3) is 32.8 Å². The van der Waals surface area contributed by atoms with Gasteiger partial charge >= 0.3 is 5.97 Å². The summed E-state index contributed by atoms with van der Waals surface area (Å²) in [5, 5.41) is 13.2. The summed E-state index contributed by atoms with van der Waals surface area (Å²) in [6.45, 7) is 4.26. The van der Waals surface area contributed by atoms with E-state index < -0.39 is 5.97 Å². The Hall–Kier alpha value is -3.20. The van der Waals surface area contributed by atoms with Crippen LogP contribution in [0.4, 0.5) is 0 Å². The number of fused-ring (bicyclic) bond motifs is 4. The van der Waals surface area contributed by atoms with Crippen molar-refractivity contribution in [2.45, 2.75) is 32.1 Å². The van der Waals surface area contributed by atoms with Gasteiger partial charge in [0.1, 0.15) is 0 Å². The fourth-order valence-electron chi connectivity index (χ4n) is 5.70. The third-order valence-corrected chi connectivity index (χ3v) is 7.00. The van der Waals surface area contributed by atoms with Gasteiger partial charge in [-0.25, -0.2) is 0 Å². The van der Waals surface area contributed by atoms with Gasteiger partial charge in [0, 0.05) is 11.1 Å². The highest BCUT2D eigenvalue weighted by atomic mass is 16.4. The minimum Gasteiger partial charge on any atom is -0.481 e. The quantitative estimate of drug-likeness (QED) is 0.488. The molecule has 3 aromatic carbocycles. The topological polar surface area (TPSA) is 50.2 Å². The Morgan fingerprint density at radius 2 is 1.69 bits per heavy atom. The van der Waals surface area contributed by atoms with Gasteiger partial charge in [-0.05, 0) is 69.3 Å². The molecule has 1 saturated carbocycles. The average Bonchev–Trinajstić information content (AvgIpc) is 3.24. The van der Waals surface area contributed by atoms with Crippen molar-refractivity contribution < 1.29 is 9.90 Å². The van der Waals surface area contributed by atoms with E-state index in [-0.39, 0.29) is 6.42 Å². The number of aliphatic carboxylic acids is 1. The third-order valence-electron chi connectivity index (χ3n) is 7.00. The van der Waals surface area contributed by atoms with Crippen molar-refractivity contribution in [2.75, 3.05) is 0 Å². The van der Waals surface area contributed by atoms with Gasteiger partial charge in [0.15, 0.2) is 0 Å². The van der Waals surface area contributed by atoms with Crippen molar-refractivity contribution in [3.05, 3.63) is 77.0 Å². The largest absolute Gasteiger partial charge is 0.481 e. The molecule has 29 heavy (non-hydrogen) atoms.